The van der Waals surface area contributed by atoms with Crippen LogP contribution in [0.4, 0.5) is 0 Å². The van der Waals surface area contributed by atoms with E-state index in [1.165, 1.54) is 64.3 Å². The number of hydrogen-bond donors (Lipinski definition) is 0. The van der Waals surface area contributed by atoms with Crippen LogP contribution in [0.25, 0.3) is 0 Å². The molecule has 0 atom stereocenters. The van der Waals surface area contributed by atoms with Gasteiger partial charge in [0.2, 0.25) is 0 Å². The van der Waals surface area contributed by atoms with Crippen molar-refractivity contribution in [3.05, 3.63) is 0 Å². The lowest BCUT2D eigenvalue weighted by Crippen LogP contribution is -2.54. The summed E-state index contributed by atoms with van der Waals surface area (Å²) in [5.41, 5.74) is 3.70. The van der Waals surface area contributed by atoms with E-state index in [2.05, 4.69) is 0 Å². The normalized spacial score (nSPS) is 57.3. The van der Waals surface area contributed by atoms with Gasteiger partial charge in [-0.3, -0.25) is 0 Å². The fourth-order valence-corrected chi connectivity index (χ4v) is 16.1. The summed E-state index contributed by atoms with van der Waals surface area (Å²) in [6, 6.07) is 0. The largest absolute Gasteiger partial charge is 0.0960 e. The predicted octanol–water partition coefficient (Wildman–Crippen LogP) is 7.45. The fourth-order valence-electron chi connectivity index (χ4n) is 10.8. The highest BCUT2D eigenvalue weighted by atomic mass is 31.1. The molecular formula is C26H41P. The summed E-state index contributed by atoms with van der Waals surface area (Å²) in [5, 5.41) is 0. The van der Waals surface area contributed by atoms with Gasteiger partial charge in [0, 0.05) is 0 Å². The average Bonchev–Trinajstić information content (AvgIpc) is 2.65. The smallest absolute Gasteiger partial charge is 0.0147 e. The van der Waals surface area contributed by atoms with Crippen LogP contribution in [0.3, 0.4) is 0 Å². The van der Waals surface area contributed by atoms with Gasteiger partial charge in [0.1, 0.15) is 0 Å². The molecule has 0 aromatic heterocycles. The highest BCUT2D eigenvalue weighted by Crippen LogP contribution is 2.73. The third-order valence-electron chi connectivity index (χ3n) is 11.0. The van der Waals surface area contributed by atoms with Crippen molar-refractivity contribution in [3.63, 3.8) is 0 Å². The molecule has 1 heteroatoms. The lowest BCUT2D eigenvalue weighted by Gasteiger charge is -2.63. The van der Waals surface area contributed by atoms with Crippen LogP contribution in [0.1, 0.15) is 96.3 Å². The first-order valence-corrected chi connectivity index (χ1v) is 14.6. The minimum atomic E-state index is 0.321. The Hall–Kier alpha value is 0.430. The Morgan fingerprint density at radius 3 is 1.15 bits per heavy atom. The Balaban J connectivity index is 1.25. The molecule has 9 saturated carbocycles. The van der Waals surface area contributed by atoms with E-state index in [-0.39, 0.29) is 0 Å². The number of rotatable bonds is 3. The minimum absolute atomic E-state index is 0.321. The van der Waals surface area contributed by atoms with Crippen molar-refractivity contribution in [2.45, 2.75) is 113 Å². The Morgan fingerprint density at radius 2 is 0.778 bits per heavy atom. The van der Waals surface area contributed by atoms with Crippen LogP contribution in [0.15, 0.2) is 0 Å². The standard InChI is InChI=1S/C26H41P/c1-2-4-24(5-3-1)27(25-20-8-16-6-17(10-20)11-21(25)9-16)26-22-12-18-7-19(14-22)15-23(26)13-18/h16-26H,1-15H2. The zero-order chi connectivity index (χ0) is 17.5. The quantitative estimate of drug-likeness (QED) is 0.443. The van der Waals surface area contributed by atoms with Gasteiger partial charge in [-0.15, -0.1) is 0 Å². The molecule has 0 aromatic rings. The molecule has 0 spiro atoms. The Kier molecular flexibility index (Phi) is 4.10. The summed E-state index contributed by atoms with van der Waals surface area (Å²) >= 11 is 0. The van der Waals surface area contributed by atoms with E-state index >= 15 is 0 Å². The third-order valence-corrected chi connectivity index (χ3v) is 15.5. The van der Waals surface area contributed by atoms with Gasteiger partial charge in [0.15, 0.2) is 0 Å². The molecule has 9 aliphatic carbocycles. The van der Waals surface area contributed by atoms with Gasteiger partial charge in [0.25, 0.3) is 0 Å². The molecule has 0 N–H and O–H groups in total. The summed E-state index contributed by atoms with van der Waals surface area (Å²) in [6.45, 7) is 0. The molecule has 0 aliphatic heterocycles. The molecule has 0 aromatic carbocycles. The van der Waals surface area contributed by atoms with Gasteiger partial charge in [-0.25, -0.2) is 0 Å². The van der Waals surface area contributed by atoms with E-state index in [0.717, 1.165) is 0 Å². The van der Waals surface area contributed by atoms with Crippen LogP contribution in [-0.2, 0) is 0 Å². The third kappa shape index (κ3) is 2.70. The van der Waals surface area contributed by atoms with Gasteiger partial charge in [-0.05, 0) is 141 Å². The molecule has 0 unspecified atom stereocenters. The summed E-state index contributed by atoms with van der Waals surface area (Å²) < 4.78 is 0. The van der Waals surface area contributed by atoms with Crippen LogP contribution in [0, 0.1) is 47.3 Å². The topological polar surface area (TPSA) is 0 Å². The van der Waals surface area contributed by atoms with E-state index < -0.39 is 0 Å². The van der Waals surface area contributed by atoms with Crippen LogP contribution in [0.2, 0.25) is 0 Å². The van der Waals surface area contributed by atoms with E-state index in [4.69, 9.17) is 0 Å². The molecule has 0 amide bonds. The zero-order valence-corrected chi connectivity index (χ0v) is 18.3. The minimum Gasteiger partial charge on any atom is -0.0960 e. The first kappa shape index (κ1) is 17.1. The molecule has 0 saturated heterocycles. The molecule has 8 bridgehead atoms. The molecule has 0 nitrogen and oxygen atoms in total. The van der Waals surface area contributed by atoms with Crippen LogP contribution in [-0.4, -0.2) is 17.0 Å². The predicted molar refractivity (Wildman–Crippen MR) is 115 cm³/mol. The van der Waals surface area contributed by atoms with Gasteiger partial charge in [-0.2, -0.15) is 0 Å². The van der Waals surface area contributed by atoms with Crippen LogP contribution < -0.4 is 0 Å². The highest BCUT2D eigenvalue weighted by molar-refractivity contribution is 7.60. The molecule has 0 heterocycles. The first-order chi connectivity index (χ1) is 13.3. The molecule has 9 fully saturated rings. The van der Waals surface area contributed by atoms with Crippen molar-refractivity contribution < 1.29 is 0 Å². The van der Waals surface area contributed by atoms with E-state index in [1.54, 1.807) is 96.3 Å². The van der Waals surface area contributed by atoms with Gasteiger partial charge in [0.05, 0.1) is 0 Å². The van der Waals surface area contributed by atoms with Crippen molar-refractivity contribution in [2.24, 2.45) is 47.3 Å². The monoisotopic (exact) mass is 384 g/mol. The van der Waals surface area contributed by atoms with E-state index in [0.29, 0.717) is 7.92 Å². The van der Waals surface area contributed by atoms with Crippen LogP contribution in [0.5, 0.6) is 0 Å². The molecule has 27 heavy (non-hydrogen) atoms. The zero-order valence-electron chi connectivity index (χ0n) is 17.4. The van der Waals surface area contributed by atoms with E-state index in [1.807, 2.05) is 0 Å². The summed E-state index contributed by atoms with van der Waals surface area (Å²) in [7, 11) is 0.321. The molecule has 9 rings (SSSR count). The van der Waals surface area contributed by atoms with E-state index in [9.17, 15) is 0 Å². The maximum absolute atomic E-state index is 1.68. The second-order valence-corrected chi connectivity index (χ2v) is 15.4. The van der Waals surface area contributed by atoms with Crippen molar-refractivity contribution >= 4 is 7.92 Å². The Labute approximate surface area is 168 Å². The first-order valence-electron chi connectivity index (χ1n) is 13.1. The highest BCUT2D eigenvalue weighted by Gasteiger charge is 2.57. The SMILES string of the molecule is C1CCC(P(C2C3CC4CC(C3)CC2C4)C2C3CC4CC(C3)CC2C4)CC1. The number of hydrogen-bond acceptors (Lipinski definition) is 0. The van der Waals surface area contributed by atoms with Crippen LogP contribution >= 0.6 is 7.92 Å². The fraction of sp³-hybridized carbons (Fsp3) is 1.00. The lowest BCUT2D eigenvalue weighted by molar-refractivity contribution is 0.0123. The van der Waals surface area contributed by atoms with Gasteiger partial charge in [-0.1, -0.05) is 27.2 Å². The molecule has 0 radical (unpaired) electrons. The maximum Gasteiger partial charge on any atom is -0.0147 e. The molecule has 9 aliphatic rings. The molecule has 150 valence electrons. The van der Waals surface area contributed by atoms with Gasteiger partial charge < -0.3 is 0 Å². The molecular weight excluding hydrogens is 343 g/mol. The summed E-state index contributed by atoms with van der Waals surface area (Å²) in [4.78, 5) is 0. The average molecular weight is 385 g/mol. The second-order valence-electron chi connectivity index (χ2n) is 12.6. The van der Waals surface area contributed by atoms with Crippen molar-refractivity contribution in [3.8, 4) is 0 Å². The van der Waals surface area contributed by atoms with Crippen molar-refractivity contribution in [2.75, 3.05) is 0 Å². The Morgan fingerprint density at radius 1 is 0.407 bits per heavy atom. The van der Waals surface area contributed by atoms with Crippen molar-refractivity contribution in [1.29, 1.82) is 0 Å². The van der Waals surface area contributed by atoms with Crippen molar-refractivity contribution in [1.82, 2.24) is 0 Å². The maximum atomic E-state index is 1.68. The second kappa shape index (κ2) is 6.46. The lowest BCUT2D eigenvalue weighted by atomic mass is 9.55. The Bertz CT molecular complexity index is 477. The van der Waals surface area contributed by atoms with Gasteiger partial charge >= 0.3 is 0 Å². The summed E-state index contributed by atoms with van der Waals surface area (Å²) in [6.07, 6.45) is 24.7. The summed E-state index contributed by atoms with van der Waals surface area (Å²) in [5.74, 6) is 9.49.